The van der Waals surface area contributed by atoms with Crippen LogP contribution in [0.4, 0.5) is 23.0 Å². The summed E-state index contributed by atoms with van der Waals surface area (Å²) >= 11 is 0. The molecule has 0 unspecified atom stereocenters. The van der Waals surface area contributed by atoms with Crippen molar-refractivity contribution in [2.45, 2.75) is 19.8 Å². The molecule has 1 saturated heterocycles. The van der Waals surface area contributed by atoms with Crippen molar-refractivity contribution in [2.75, 3.05) is 49.0 Å². The number of nitrogens with zero attached hydrogens (tertiary/aromatic N) is 4. The molecule has 2 aromatic rings. The van der Waals surface area contributed by atoms with E-state index in [2.05, 4.69) is 20.6 Å². The van der Waals surface area contributed by atoms with Gasteiger partial charge in [0.1, 0.15) is 17.5 Å². The van der Waals surface area contributed by atoms with E-state index in [0.717, 1.165) is 11.5 Å². The minimum atomic E-state index is -3.19. The normalized spacial score (nSPS) is 15.6. The van der Waals surface area contributed by atoms with E-state index in [-0.39, 0.29) is 11.8 Å². The van der Waals surface area contributed by atoms with Crippen LogP contribution in [0, 0.1) is 12.8 Å². The highest BCUT2D eigenvalue weighted by molar-refractivity contribution is 7.88. The molecule has 3 rings (SSSR count). The first-order valence-electron chi connectivity index (χ1n) is 9.78. The summed E-state index contributed by atoms with van der Waals surface area (Å²) < 4.78 is 24.6. The molecule has 0 radical (unpaired) electrons. The van der Waals surface area contributed by atoms with Crippen LogP contribution < -0.4 is 15.5 Å². The number of aryl methyl sites for hydroxylation is 1. The van der Waals surface area contributed by atoms with Gasteiger partial charge in [0.05, 0.1) is 6.26 Å². The largest absolute Gasteiger partial charge is 0.363 e. The topological polar surface area (TPSA) is 108 Å². The fourth-order valence-corrected chi connectivity index (χ4v) is 4.20. The Hall–Kier alpha value is -2.72. The van der Waals surface area contributed by atoms with Crippen molar-refractivity contribution in [3.8, 4) is 0 Å². The predicted molar refractivity (Wildman–Crippen MR) is 119 cm³/mol. The maximum absolute atomic E-state index is 12.5. The lowest BCUT2D eigenvalue weighted by Gasteiger charge is -2.29. The van der Waals surface area contributed by atoms with Gasteiger partial charge in [-0.3, -0.25) is 4.79 Å². The van der Waals surface area contributed by atoms with Crippen molar-refractivity contribution in [3.05, 3.63) is 36.2 Å². The van der Waals surface area contributed by atoms with E-state index in [9.17, 15) is 13.2 Å². The summed E-state index contributed by atoms with van der Waals surface area (Å²) in [4.78, 5) is 23.2. The summed E-state index contributed by atoms with van der Waals surface area (Å²) in [5.74, 6) is 1.92. The maximum atomic E-state index is 12.5. The Labute approximate surface area is 177 Å². The van der Waals surface area contributed by atoms with Crippen LogP contribution in [0.1, 0.15) is 18.7 Å². The summed E-state index contributed by atoms with van der Waals surface area (Å²) in [5, 5.41) is 6.17. The molecule has 2 N–H and O–H groups in total. The van der Waals surface area contributed by atoms with E-state index in [1.54, 1.807) is 0 Å². The number of hydrogen-bond acceptors (Lipinski definition) is 7. The second-order valence-electron chi connectivity index (χ2n) is 7.68. The number of piperidine rings is 1. The number of nitrogens with one attached hydrogen (secondary N) is 2. The number of carbonyl (C=O) groups excluding carboxylic acids is 1. The highest BCUT2D eigenvalue weighted by Crippen LogP contribution is 2.23. The van der Waals surface area contributed by atoms with Crippen molar-refractivity contribution in [1.82, 2.24) is 14.3 Å². The fourth-order valence-electron chi connectivity index (χ4n) is 3.32. The van der Waals surface area contributed by atoms with Crippen molar-refractivity contribution in [3.63, 3.8) is 0 Å². The van der Waals surface area contributed by atoms with Gasteiger partial charge in [-0.05, 0) is 44.0 Å². The first-order valence-corrected chi connectivity index (χ1v) is 11.6. The second-order valence-corrected chi connectivity index (χ2v) is 9.66. The average molecular weight is 433 g/mol. The molecule has 9 nitrogen and oxygen atoms in total. The zero-order valence-corrected chi connectivity index (χ0v) is 18.5. The smallest absolute Gasteiger partial charge is 0.227 e. The lowest BCUT2D eigenvalue weighted by Crippen LogP contribution is -2.40. The molecule has 1 amide bonds. The van der Waals surface area contributed by atoms with Crippen LogP contribution in [0.15, 0.2) is 30.3 Å². The van der Waals surface area contributed by atoms with E-state index in [4.69, 9.17) is 0 Å². The van der Waals surface area contributed by atoms with E-state index in [1.165, 1.54) is 10.6 Å². The molecule has 1 aromatic carbocycles. The second kappa shape index (κ2) is 8.97. The average Bonchev–Trinajstić information content (AvgIpc) is 2.68. The summed E-state index contributed by atoms with van der Waals surface area (Å²) in [7, 11) is 0.657. The van der Waals surface area contributed by atoms with Crippen LogP contribution in [0.25, 0.3) is 0 Å². The summed E-state index contributed by atoms with van der Waals surface area (Å²) in [6.07, 6.45) is 2.26. The number of benzene rings is 1. The predicted octanol–water partition coefficient (Wildman–Crippen LogP) is 2.20. The van der Waals surface area contributed by atoms with Gasteiger partial charge in [-0.1, -0.05) is 0 Å². The fraction of sp³-hybridized carbons (Fsp3) is 0.450. The molecule has 0 atom stereocenters. The Kier molecular flexibility index (Phi) is 6.57. The van der Waals surface area contributed by atoms with Crippen LogP contribution in [0.2, 0.25) is 0 Å². The third-order valence-corrected chi connectivity index (χ3v) is 6.30. The van der Waals surface area contributed by atoms with Crippen molar-refractivity contribution < 1.29 is 13.2 Å². The van der Waals surface area contributed by atoms with Crippen LogP contribution in [-0.4, -0.2) is 62.0 Å². The van der Waals surface area contributed by atoms with Crippen LogP contribution >= 0.6 is 0 Å². The van der Waals surface area contributed by atoms with Gasteiger partial charge >= 0.3 is 0 Å². The van der Waals surface area contributed by atoms with Gasteiger partial charge < -0.3 is 15.5 Å². The third-order valence-electron chi connectivity index (χ3n) is 5.00. The minimum absolute atomic E-state index is 0.0779. The lowest BCUT2D eigenvalue weighted by atomic mass is 9.97. The molecular weight excluding hydrogens is 404 g/mol. The van der Waals surface area contributed by atoms with Gasteiger partial charge in [-0.15, -0.1) is 0 Å². The van der Waals surface area contributed by atoms with Crippen LogP contribution in [0.5, 0.6) is 0 Å². The number of sulfonamides is 1. The number of amides is 1. The van der Waals surface area contributed by atoms with Crippen LogP contribution in [-0.2, 0) is 14.8 Å². The molecule has 0 saturated carbocycles. The maximum Gasteiger partial charge on any atom is 0.227 e. The molecule has 1 aliphatic rings. The van der Waals surface area contributed by atoms with Gasteiger partial charge in [-0.2, -0.15) is 0 Å². The molecule has 1 aromatic heterocycles. The van der Waals surface area contributed by atoms with Gasteiger partial charge in [0.15, 0.2) is 0 Å². The van der Waals surface area contributed by atoms with Gasteiger partial charge in [0, 0.05) is 50.5 Å². The molecule has 162 valence electrons. The number of anilines is 4. The summed E-state index contributed by atoms with van der Waals surface area (Å²) in [6.45, 7) is 2.61. The Balaban J connectivity index is 1.58. The first-order chi connectivity index (χ1) is 14.1. The Morgan fingerprint density at radius 3 is 2.27 bits per heavy atom. The van der Waals surface area contributed by atoms with Crippen molar-refractivity contribution in [2.24, 2.45) is 5.92 Å². The number of hydrogen-bond donors (Lipinski definition) is 2. The van der Waals surface area contributed by atoms with Crippen LogP contribution in [0.3, 0.4) is 0 Å². The monoisotopic (exact) mass is 432 g/mol. The Morgan fingerprint density at radius 1 is 1.10 bits per heavy atom. The van der Waals surface area contributed by atoms with E-state index >= 15 is 0 Å². The zero-order valence-electron chi connectivity index (χ0n) is 17.7. The van der Waals surface area contributed by atoms with E-state index in [0.29, 0.717) is 43.3 Å². The molecule has 2 heterocycles. The molecule has 10 heteroatoms. The molecule has 30 heavy (non-hydrogen) atoms. The molecule has 0 aliphatic carbocycles. The first kappa shape index (κ1) is 22.0. The van der Waals surface area contributed by atoms with E-state index in [1.807, 2.05) is 56.3 Å². The third kappa shape index (κ3) is 5.67. The number of aromatic nitrogens is 2. The summed E-state index contributed by atoms with van der Waals surface area (Å²) in [6, 6.07) is 9.26. The molecular formula is C20H28N6O3S. The zero-order chi connectivity index (χ0) is 21.9. The van der Waals surface area contributed by atoms with E-state index < -0.39 is 10.0 Å². The minimum Gasteiger partial charge on any atom is -0.363 e. The highest BCUT2D eigenvalue weighted by atomic mass is 32.2. The van der Waals surface area contributed by atoms with Crippen molar-refractivity contribution in [1.29, 1.82) is 0 Å². The summed E-state index contributed by atoms with van der Waals surface area (Å²) in [5.41, 5.74) is 1.54. The Morgan fingerprint density at radius 2 is 1.70 bits per heavy atom. The van der Waals surface area contributed by atoms with Gasteiger partial charge in [0.25, 0.3) is 0 Å². The molecule has 0 spiro atoms. The number of rotatable bonds is 6. The van der Waals surface area contributed by atoms with Gasteiger partial charge in [0.2, 0.25) is 15.9 Å². The highest BCUT2D eigenvalue weighted by Gasteiger charge is 2.28. The Bertz CT molecular complexity index is 1000. The SMILES string of the molecule is Cc1nc(Nc2ccc(NC(=O)C3CCN(S(C)(=O)=O)CC3)cc2)cc(N(C)C)n1. The number of carbonyl (C=O) groups is 1. The molecule has 1 fully saturated rings. The quantitative estimate of drug-likeness (QED) is 0.720. The standard InChI is InChI=1S/C20H28N6O3S/c1-14-21-18(13-19(22-14)25(2)3)23-16-5-7-17(8-6-16)24-20(27)15-9-11-26(12-10-15)30(4,28)29/h5-8,13,15H,9-12H2,1-4H3,(H,24,27)(H,21,22,23). The molecule has 0 bridgehead atoms. The van der Waals surface area contributed by atoms with Crippen molar-refractivity contribution >= 4 is 38.9 Å². The lowest BCUT2D eigenvalue weighted by molar-refractivity contribution is -0.120. The molecule has 1 aliphatic heterocycles. The van der Waals surface area contributed by atoms with Gasteiger partial charge in [-0.25, -0.2) is 22.7 Å².